The average Bonchev–Trinajstić information content (AvgIpc) is 2.37. The molecule has 0 saturated heterocycles. The second kappa shape index (κ2) is 5.01. The second-order valence-corrected chi connectivity index (χ2v) is 4.09. The maximum atomic E-state index is 13.8. The Morgan fingerprint density at radius 2 is 1.58 bits per heavy atom. The average molecular weight is 269 g/mol. The van der Waals surface area contributed by atoms with Crippen molar-refractivity contribution in [1.29, 1.82) is 0 Å². The highest BCUT2D eigenvalue weighted by Crippen LogP contribution is 2.31. The van der Waals surface area contributed by atoms with Crippen molar-refractivity contribution in [2.75, 3.05) is 0 Å². The quantitative estimate of drug-likeness (QED) is 0.820. The molecule has 0 unspecified atom stereocenters. The standard InChI is InChI=1S/C14H11F4N/c15-13-7-9(8-19)1-6-12(13)10-2-4-11(5-3-10)14(16,17)18/h1-7H,8,19H2. The molecule has 0 heterocycles. The number of benzene rings is 2. The molecule has 0 amide bonds. The Balaban J connectivity index is 2.37. The Morgan fingerprint density at radius 3 is 2.05 bits per heavy atom. The minimum absolute atomic E-state index is 0.213. The maximum absolute atomic E-state index is 13.8. The second-order valence-electron chi connectivity index (χ2n) is 4.09. The highest BCUT2D eigenvalue weighted by atomic mass is 19.4. The summed E-state index contributed by atoms with van der Waals surface area (Å²) in [5.41, 5.74) is 5.91. The van der Waals surface area contributed by atoms with Gasteiger partial charge in [0.15, 0.2) is 0 Å². The molecular weight excluding hydrogens is 258 g/mol. The summed E-state index contributed by atoms with van der Waals surface area (Å²) in [5, 5.41) is 0. The third-order valence-corrected chi connectivity index (χ3v) is 2.79. The first-order valence-corrected chi connectivity index (χ1v) is 5.58. The van der Waals surface area contributed by atoms with Crippen LogP contribution in [0.2, 0.25) is 0 Å². The van der Waals surface area contributed by atoms with Crippen molar-refractivity contribution in [1.82, 2.24) is 0 Å². The van der Waals surface area contributed by atoms with Crippen LogP contribution in [-0.4, -0.2) is 0 Å². The van der Waals surface area contributed by atoms with Crippen LogP contribution in [0.5, 0.6) is 0 Å². The fraction of sp³-hybridized carbons (Fsp3) is 0.143. The van der Waals surface area contributed by atoms with Crippen molar-refractivity contribution in [3.05, 3.63) is 59.4 Å². The van der Waals surface area contributed by atoms with Gasteiger partial charge >= 0.3 is 6.18 Å². The van der Waals surface area contributed by atoms with Crippen LogP contribution in [0, 0.1) is 5.82 Å². The van der Waals surface area contributed by atoms with E-state index in [0.717, 1.165) is 12.1 Å². The zero-order valence-corrected chi connectivity index (χ0v) is 9.84. The first-order chi connectivity index (χ1) is 8.91. The van der Waals surface area contributed by atoms with Gasteiger partial charge in [-0.05, 0) is 29.3 Å². The summed E-state index contributed by atoms with van der Waals surface area (Å²) in [6.45, 7) is 0.213. The van der Waals surface area contributed by atoms with Crippen molar-refractivity contribution in [3.63, 3.8) is 0 Å². The molecule has 0 aliphatic rings. The molecule has 2 rings (SSSR count). The Kier molecular flexibility index (Phi) is 3.57. The van der Waals surface area contributed by atoms with Crippen LogP contribution in [0.25, 0.3) is 11.1 Å². The maximum Gasteiger partial charge on any atom is 0.416 e. The molecule has 0 aliphatic carbocycles. The van der Waals surface area contributed by atoms with Gasteiger partial charge in [0.05, 0.1) is 5.56 Å². The van der Waals surface area contributed by atoms with E-state index >= 15 is 0 Å². The predicted octanol–water partition coefficient (Wildman–Crippen LogP) is 3.97. The topological polar surface area (TPSA) is 26.0 Å². The monoisotopic (exact) mass is 269 g/mol. The van der Waals surface area contributed by atoms with E-state index in [0.29, 0.717) is 11.1 Å². The van der Waals surface area contributed by atoms with Crippen molar-refractivity contribution in [2.24, 2.45) is 5.73 Å². The zero-order valence-electron chi connectivity index (χ0n) is 9.84. The molecule has 5 heteroatoms. The Bertz CT molecular complexity index is 573. The first kappa shape index (κ1) is 13.5. The Morgan fingerprint density at radius 1 is 0.947 bits per heavy atom. The lowest BCUT2D eigenvalue weighted by Crippen LogP contribution is -2.04. The molecular formula is C14H11F4N. The summed E-state index contributed by atoms with van der Waals surface area (Å²) in [4.78, 5) is 0. The number of nitrogens with two attached hydrogens (primary N) is 1. The summed E-state index contributed by atoms with van der Waals surface area (Å²) in [5.74, 6) is -0.497. The number of rotatable bonds is 2. The Labute approximate surface area is 107 Å². The fourth-order valence-electron chi connectivity index (χ4n) is 1.76. The van der Waals surface area contributed by atoms with Crippen LogP contribution >= 0.6 is 0 Å². The molecule has 0 atom stereocenters. The molecule has 0 aliphatic heterocycles. The molecule has 0 saturated carbocycles. The van der Waals surface area contributed by atoms with Gasteiger partial charge in [-0.2, -0.15) is 13.2 Å². The summed E-state index contributed by atoms with van der Waals surface area (Å²) in [6, 6.07) is 8.83. The normalized spacial score (nSPS) is 11.6. The van der Waals surface area contributed by atoms with E-state index in [1.807, 2.05) is 0 Å². The van der Waals surface area contributed by atoms with Gasteiger partial charge in [-0.15, -0.1) is 0 Å². The van der Waals surface area contributed by atoms with Crippen molar-refractivity contribution in [3.8, 4) is 11.1 Å². The molecule has 19 heavy (non-hydrogen) atoms. The summed E-state index contributed by atoms with van der Waals surface area (Å²) in [7, 11) is 0. The number of halogens is 4. The van der Waals surface area contributed by atoms with Crippen LogP contribution in [0.3, 0.4) is 0 Å². The van der Waals surface area contributed by atoms with E-state index in [9.17, 15) is 17.6 Å². The summed E-state index contributed by atoms with van der Waals surface area (Å²) >= 11 is 0. The van der Waals surface area contributed by atoms with Gasteiger partial charge in [0.2, 0.25) is 0 Å². The van der Waals surface area contributed by atoms with Crippen LogP contribution in [0.4, 0.5) is 17.6 Å². The molecule has 0 spiro atoms. The summed E-state index contributed by atoms with van der Waals surface area (Å²) < 4.78 is 51.0. The Hall–Kier alpha value is -1.88. The van der Waals surface area contributed by atoms with Gasteiger partial charge in [-0.25, -0.2) is 4.39 Å². The third-order valence-electron chi connectivity index (χ3n) is 2.79. The highest BCUT2D eigenvalue weighted by Gasteiger charge is 2.30. The predicted molar refractivity (Wildman–Crippen MR) is 64.7 cm³/mol. The molecule has 2 N–H and O–H groups in total. The minimum Gasteiger partial charge on any atom is -0.326 e. The van der Waals surface area contributed by atoms with Gasteiger partial charge in [-0.3, -0.25) is 0 Å². The van der Waals surface area contributed by atoms with E-state index in [-0.39, 0.29) is 12.1 Å². The van der Waals surface area contributed by atoms with Gasteiger partial charge < -0.3 is 5.73 Å². The third kappa shape index (κ3) is 2.93. The molecule has 0 fully saturated rings. The zero-order chi connectivity index (χ0) is 14.0. The molecule has 2 aromatic carbocycles. The molecule has 100 valence electrons. The lowest BCUT2D eigenvalue weighted by Gasteiger charge is -2.09. The first-order valence-electron chi connectivity index (χ1n) is 5.58. The van der Waals surface area contributed by atoms with Crippen LogP contribution in [0.15, 0.2) is 42.5 Å². The molecule has 1 nitrogen and oxygen atoms in total. The van der Waals surface area contributed by atoms with Crippen LogP contribution in [-0.2, 0) is 12.7 Å². The molecule has 2 aromatic rings. The lowest BCUT2D eigenvalue weighted by molar-refractivity contribution is -0.137. The van der Waals surface area contributed by atoms with Crippen LogP contribution in [0.1, 0.15) is 11.1 Å². The van der Waals surface area contributed by atoms with Gasteiger partial charge in [0, 0.05) is 12.1 Å². The minimum atomic E-state index is -4.39. The largest absolute Gasteiger partial charge is 0.416 e. The van der Waals surface area contributed by atoms with Crippen LogP contribution < -0.4 is 5.73 Å². The van der Waals surface area contributed by atoms with E-state index in [1.54, 1.807) is 6.07 Å². The molecule has 0 bridgehead atoms. The van der Waals surface area contributed by atoms with E-state index in [1.165, 1.54) is 24.3 Å². The van der Waals surface area contributed by atoms with E-state index in [2.05, 4.69) is 0 Å². The van der Waals surface area contributed by atoms with E-state index < -0.39 is 17.6 Å². The van der Waals surface area contributed by atoms with Crippen molar-refractivity contribution >= 4 is 0 Å². The highest BCUT2D eigenvalue weighted by molar-refractivity contribution is 5.64. The van der Waals surface area contributed by atoms with E-state index in [4.69, 9.17) is 5.73 Å². The van der Waals surface area contributed by atoms with Gasteiger partial charge in [-0.1, -0.05) is 24.3 Å². The fourth-order valence-corrected chi connectivity index (χ4v) is 1.76. The smallest absolute Gasteiger partial charge is 0.326 e. The number of alkyl halides is 3. The molecule has 0 aromatic heterocycles. The number of hydrogen-bond acceptors (Lipinski definition) is 1. The SMILES string of the molecule is NCc1ccc(-c2ccc(C(F)(F)F)cc2)c(F)c1. The lowest BCUT2D eigenvalue weighted by atomic mass is 10.0. The summed E-state index contributed by atoms with van der Waals surface area (Å²) in [6.07, 6.45) is -4.39. The van der Waals surface area contributed by atoms with Crippen molar-refractivity contribution in [2.45, 2.75) is 12.7 Å². The van der Waals surface area contributed by atoms with Gasteiger partial charge in [0.25, 0.3) is 0 Å². The van der Waals surface area contributed by atoms with Crippen molar-refractivity contribution < 1.29 is 17.6 Å². The van der Waals surface area contributed by atoms with Gasteiger partial charge in [0.1, 0.15) is 5.82 Å². The number of hydrogen-bond donors (Lipinski definition) is 1. The molecule has 0 radical (unpaired) electrons.